The van der Waals surface area contributed by atoms with E-state index >= 15 is 0 Å². The SMILES string of the molecule is [N-]=[N+]=NCC1=NCc2ncc(Br)cc21. The van der Waals surface area contributed by atoms with E-state index in [-0.39, 0.29) is 0 Å². The molecule has 0 atom stereocenters. The number of nitrogens with zero attached hydrogens (tertiary/aromatic N) is 5. The summed E-state index contributed by atoms with van der Waals surface area (Å²) in [5.74, 6) is 0. The molecule has 1 aliphatic heterocycles. The Labute approximate surface area is 88.6 Å². The van der Waals surface area contributed by atoms with Crippen molar-refractivity contribution in [1.82, 2.24) is 4.98 Å². The van der Waals surface area contributed by atoms with Crippen LogP contribution in [0.4, 0.5) is 0 Å². The van der Waals surface area contributed by atoms with Crippen LogP contribution < -0.4 is 0 Å². The molecule has 0 amide bonds. The number of pyridine rings is 1. The van der Waals surface area contributed by atoms with E-state index in [4.69, 9.17) is 5.53 Å². The minimum atomic E-state index is 0.293. The van der Waals surface area contributed by atoms with Crippen LogP contribution in [0.15, 0.2) is 26.8 Å². The molecule has 6 heteroatoms. The van der Waals surface area contributed by atoms with Crippen molar-refractivity contribution >= 4 is 21.6 Å². The Hall–Kier alpha value is -1.39. The van der Waals surface area contributed by atoms with Gasteiger partial charge in [-0.1, -0.05) is 5.11 Å². The first kappa shape index (κ1) is 9.18. The number of azide groups is 1. The van der Waals surface area contributed by atoms with Crippen LogP contribution in [0.1, 0.15) is 11.3 Å². The normalized spacial score (nSPS) is 13.1. The number of fused-ring (bicyclic) bond motifs is 1. The van der Waals surface area contributed by atoms with Gasteiger partial charge < -0.3 is 0 Å². The van der Waals surface area contributed by atoms with Crippen molar-refractivity contribution < 1.29 is 0 Å². The zero-order chi connectivity index (χ0) is 9.97. The van der Waals surface area contributed by atoms with Crippen molar-refractivity contribution in [3.8, 4) is 0 Å². The lowest BCUT2D eigenvalue weighted by Gasteiger charge is -1.99. The molecule has 2 rings (SSSR count). The van der Waals surface area contributed by atoms with Gasteiger partial charge in [0.2, 0.25) is 0 Å². The third kappa shape index (κ3) is 1.62. The number of rotatable bonds is 2. The maximum Gasteiger partial charge on any atom is 0.0822 e. The topological polar surface area (TPSA) is 74.0 Å². The van der Waals surface area contributed by atoms with E-state index < -0.39 is 0 Å². The van der Waals surface area contributed by atoms with E-state index in [0.717, 1.165) is 21.4 Å². The summed E-state index contributed by atoms with van der Waals surface area (Å²) in [6.45, 7) is 0.876. The third-order valence-corrected chi connectivity index (χ3v) is 2.38. The Kier molecular flexibility index (Phi) is 2.47. The molecule has 0 unspecified atom stereocenters. The fourth-order valence-corrected chi connectivity index (χ4v) is 1.66. The van der Waals surface area contributed by atoms with E-state index in [0.29, 0.717) is 13.1 Å². The number of aliphatic imine (C=N–C) groups is 1. The van der Waals surface area contributed by atoms with Crippen molar-refractivity contribution in [3.05, 3.63) is 38.4 Å². The number of hydrogen-bond acceptors (Lipinski definition) is 3. The lowest BCUT2D eigenvalue weighted by atomic mass is 10.1. The second-order valence-electron chi connectivity index (χ2n) is 2.80. The summed E-state index contributed by atoms with van der Waals surface area (Å²) < 4.78 is 0.909. The summed E-state index contributed by atoms with van der Waals surface area (Å²) in [7, 11) is 0. The first-order valence-electron chi connectivity index (χ1n) is 4.00. The number of aromatic nitrogens is 1. The molecule has 0 aromatic carbocycles. The molecule has 0 saturated carbocycles. The van der Waals surface area contributed by atoms with Gasteiger partial charge in [-0.2, -0.15) is 0 Å². The van der Waals surface area contributed by atoms with Crippen molar-refractivity contribution in [2.75, 3.05) is 6.54 Å². The van der Waals surface area contributed by atoms with Crippen LogP contribution in [-0.2, 0) is 6.54 Å². The average molecular weight is 252 g/mol. The summed E-state index contributed by atoms with van der Waals surface area (Å²) >= 11 is 3.34. The zero-order valence-electron chi connectivity index (χ0n) is 7.18. The molecule has 0 saturated heterocycles. The van der Waals surface area contributed by atoms with Gasteiger partial charge in [-0.05, 0) is 27.5 Å². The molecule has 5 nitrogen and oxygen atoms in total. The molecule has 1 aromatic rings. The highest BCUT2D eigenvalue weighted by Gasteiger charge is 2.16. The molecule has 0 aliphatic carbocycles. The van der Waals surface area contributed by atoms with Gasteiger partial charge in [0.1, 0.15) is 0 Å². The maximum absolute atomic E-state index is 8.21. The van der Waals surface area contributed by atoms with Crippen molar-refractivity contribution in [3.63, 3.8) is 0 Å². The quantitative estimate of drug-likeness (QED) is 0.452. The summed E-state index contributed by atoms with van der Waals surface area (Å²) in [5, 5.41) is 3.49. The molecule has 1 aliphatic rings. The Morgan fingerprint density at radius 1 is 1.64 bits per heavy atom. The molecular weight excluding hydrogens is 246 g/mol. The smallest absolute Gasteiger partial charge is 0.0822 e. The molecule has 0 bridgehead atoms. The first-order chi connectivity index (χ1) is 6.81. The van der Waals surface area contributed by atoms with E-state index in [1.165, 1.54) is 0 Å². The standard InChI is InChI=1S/C8H6BrN5/c9-5-1-6-7(11-2-5)3-12-8(6)4-13-14-10/h1-2H,3-4H2. The Morgan fingerprint density at radius 2 is 2.50 bits per heavy atom. The molecule has 0 radical (unpaired) electrons. The molecule has 0 fully saturated rings. The lowest BCUT2D eigenvalue weighted by molar-refractivity contribution is 1.02. The molecule has 0 N–H and O–H groups in total. The van der Waals surface area contributed by atoms with Crippen molar-refractivity contribution in [2.24, 2.45) is 10.1 Å². The molecule has 14 heavy (non-hydrogen) atoms. The van der Waals surface area contributed by atoms with Crippen LogP contribution in [0.3, 0.4) is 0 Å². The van der Waals surface area contributed by atoms with Crippen molar-refractivity contribution in [1.29, 1.82) is 0 Å². The summed E-state index contributed by atoms with van der Waals surface area (Å²) in [6, 6.07) is 1.95. The number of halogens is 1. The molecule has 0 spiro atoms. The van der Waals surface area contributed by atoms with Crippen LogP contribution in [-0.4, -0.2) is 17.2 Å². The van der Waals surface area contributed by atoms with E-state index in [2.05, 4.69) is 35.9 Å². The van der Waals surface area contributed by atoms with E-state index in [1.54, 1.807) is 6.20 Å². The monoisotopic (exact) mass is 251 g/mol. The van der Waals surface area contributed by atoms with E-state index in [9.17, 15) is 0 Å². The van der Waals surface area contributed by atoms with Gasteiger partial charge in [0.15, 0.2) is 0 Å². The van der Waals surface area contributed by atoms with E-state index in [1.807, 2.05) is 6.07 Å². The molecule has 2 heterocycles. The third-order valence-electron chi connectivity index (χ3n) is 1.95. The maximum atomic E-state index is 8.21. The fraction of sp³-hybridized carbons (Fsp3) is 0.250. The van der Waals surface area contributed by atoms with Crippen LogP contribution in [0.25, 0.3) is 10.4 Å². The van der Waals surface area contributed by atoms with Gasteiger partial charge in [0, 0.05) is 21.1 Å². The van der Waals surface area contributed by atoms with Crippen LogP contribution in [0.2, 0.25) is 0 Å². The summed E-state index contributed by atoms with van der Waals surface area (Å²) in [4.78, 5) is 11.2. The lowest BCUT2D eigenvalue weighted by Crippen LogP contribution is -2.02. The first-order valence-corrected chi connectivity index (χ1v) is 4.79. The van der Waals surface area contributed by atoms with Crippen LogP contribution in [0.5, 0.6) is 0 Å². The van der Waals surface area contributed by atoms with Gasteiger partial charge >= 0.3 is 0 Å². The van der Waals surface area contributed by atoms with Gasteiger partial charge in [0.25, 0.3) is 0 Å². The van der Waals surface area contributed by atoms with Crippen LogP contribution in [0, 0.1) is 0 Å². The Bertz CT molecular complexity index is 447. The van der Waals surface area contributed by atoms with Crippen LogP contribution >= 0.6 is 15.9 Å². The minimum absolute atomic E-state index is 0.293. The average Bonchev–Trinajstić information content (AvgIpc) is 2.57. The molecular formula is C8H6BrN5. The minimum Gasteiger partial charge on any atom is -0.283 e. The largest absolute Gasteiger partial charge is 0.283 e. The van der Waals surface area contributed by atoms with Gasteiger partial charge in [-0.3, -0.25) is 9.98 Å². The fourth-order valence-electron chi connectivity index (χ4n) is 1.33. The number of hydrogen-bond donors (Lipinski definition) is 0. The second-order valence-corrected chi connectivity index (χ2v) is 3.72. The van der Waals surface area contributed by atoms with Crippen molar-refractivity contribution in [2.45, 2.75) is 6.54 Å². The second kappa shape index (κ2) is 3.77. The predicted octanol–water partition coefficient (Wildman–Crippen LogP) is 2.46. The highest BCUT2D eigenvalue weighted by Crippen LogP contribution is 2.20. The molecule has 70 valence electrons. The highest BCUT2D eigenvalue weighted by molar-refractivity contribution is 9.10. The van der Waals surface area contributed by atoms with Gasteiger partial charge in [-0.15, -0.1) is 0 Å². The zero-order valence-corrected chi connectivity index (χ0v) is 8.77. The molecule has 1 aromatic heterocycles. The van der Waals surface area contributed by atoms with Gasteiger partial charge in [0.05, 0.1) is 24.5 Å². The summed E-state index contributed by atoms with van der Waals surface area (Å²) in [6.07, 6.45) is 1.74. The predicted molar refractivity (Wildman–Crippen MR) is 56.2 cm³/mol. The summed E-state index contributed by atoms with van der Waals surface area (Å²) in [5.41, 5.74) is 10.9. The van der Waals surface area contributed by atoms with Gasteiger partial charge in [-0.25, -0.2) is 0 Å². The highest BCUT2D eigenvalue weighted by atomic mass is 79.9. The Balaban J connectivity index is 2.35. The Morgan fingerprint density at radius 3 is 3.29 bits per heavy atom.